The lowest BCUT2D eigenvalue weighted by Gasteiger charge is -2.26. The number of hydrogen-bond acceptors (Lipinski definition) is 0. The van der Waals surface area contributed by atoms with Crippen molar-refractivity contribution in [3.63, 3.8) is 0 Å². The van der Waals surface area contributed by atoms with Crippen molar-refractivity contribution < 1.29 is 0 Å². The predicted octanol–water partition coefficient (Wildman–Crippen LogP) is 8.65. The van der Waals surface area contributed by atoms with Crippen LogP contribution in [0.15, 0.2) is 212 Å². The zero-order valence-electron chi connectivity index (χ0n) is 25.8. The lowest BCUT2D eigenvalue weighted by atomic mass is 10.4. The van der Waals surface area contributed by atoms with Gasteiger partial charge in [-0.1, -0.05) is 212 Å². The Kier molecular flexibility index (Phi) is 11.7. The van der Waals surface area contributed by atoms with Gasteiger partial charge in [0.25, 0.3) is 0 Å². The van der Waals surface area contributed by atoms with Gasteiger partial charge in [0.15, 0.2) is 0 Å². The fourth-order valence-corrected chi connectivity index (χ4v) is 14.2. The Morgan fingerprint density at radius 1 is 0.217 bits per heavy atom. The van der Waals surface area contributed by atoms with Crippen LogP contribution in [0.25, 0.3) is 0 Å². The third kappa shape index (κ3) is 8.55. The monoisotopic (exact) mass is 646 g/mol. The summed E-state index contributed by atoms with van der Waals surface area (Å²) in [6, 6.07) is 76.5. The highest BCUT2D eigenvalue weighted by atomic mass is 31.2. The van der Waals surface area contributed by atoms with Crippen molar-refractivity contribution in [2.45, 2.75) is 0 Å². The highest BCUT2D eigenvalue weighted by molar-refractivity contribution is 7.88. The molecule has 0 N–H and O–H groups in total. The summed E-state index contributed by atoms with van der Waals surface area (Å²) in [7, 11) is -1.26. The van der Waals surface area contributed by atoms with Crippen molar-refractivity contribution >= 4 is 60.9 Å². The van der Waals surface area contributed by atoms with E-state index in [1.165, 1.54) is 43.0 Å². The first-order valence-electron chi connectivity index (χ1n) is 15.6. The van der Waals surface area contributed by atoms with Crippen LogP contribution in [0.4, 0.5) is 0 Å². The van der Waals surface area contributed by atoms with Gasteiger partial charge in [-0.15, -0.1) is 0 Å². The molecule has 0 aliphatic rings. The molecule has 0 nitrogen and oxygen atoms in total. The molecule has 0 amide bonds. The molecule has 0 heterocycles. The van der Waals surface area contributed by atoms with Crippen molar-refractivity contribution in [1.82, 2.24) is 0 Å². The minimum absolute atomic E-state index is 0.409. The molecule has 0 aliphatic heterocycles. The molecule has 0 unspecified atom stereocenters. The first kappa shape index (κ1) is 31.8. The van der Waals surface area contributed by atoms with Gasteiger partial charge >= 0.3 is 0 Å². The quantitative estimate of drug-likeness (QED) is 0.138. The predicted molar refractivity (Wildman–Crippen MR) is 208 cm³/mol. The van der Waals surface area contributed by atoms with Crippen LogP contribution >= 0.6 is 23.8 Å². The van der Waals surface area contributed by atoms with E-state index in [0.717, 1.165) is 0 Å². The van der Waals surface area contributed by atoms with Crippen molar-refractivity contribution in [1.29, 1.82) is 0 Å². The number of hydrogen-bond donors (Lipinski definition) is 0. The SMILES string of the molecule is c1ccc(P(CP(c2ccccc2)c2ccccc2)c2ccccc2)cc1.c1ccc(P(c2ccccc2)c2ccccc2)cc1. The third-order valence-electron chi connectivity index (χ3n) is 7.60. The summed E-state index contributed by atoms with van der Waals surface area (Å²) in [4.78, 5) is 0. The van der Waals surface area contributed by atoms with Crippen LogP contribution in [-0.4, -0.2) is 5.90 Å². The zero-order valence-corrected chi connectivity index (χ0v) is 28.4. The highest BCUT2D eigenvalue weighted by Crippen LogP contribution is 2.48. The molecule has 0 saturated heterocycles. The molecule has 0 aromatic heterocycles. The van der Waals surface area contributed by atoms with E-state index in [2.05, 4.69) is 212 Å². The van der Waals surface area contributed by atoms with Gasteiger partial charge in [0.2, 0.25) is 0 Å². The van der Waals surface area contributed by atoms with Gasteiger partial charge in [-0.25, -0.2) is 0 Å². The normalized spacial score (nSPS) is 10.8. The topological polar surface area (TPSA) is 0 Å². The Morgan fingerprint density at radius 2 is 0.391 bits per heavy atom. The molecule has 7 aromatic rings. The summed E-state index contributed by atoms with van der Waals surface area (Å²) in [6.45, 7) is 0. The fourth-order valence-electron chi connectivity index (χ4n) is 5.38. The Bertz CT molecular complexity index is 1580. The van der Waals surface area contributed by atoms with Crippen molar-refractivity contribution in [2.75, 3.05) is 5.90 Å². The summed E-state index contributed by atoms with van der Waals surface area (Å²) in [5.74, 6) is 1.17. The molecule has 0 aliphatic carbocycles. The lowest BCUT2D eigenvalue weighted by molar-refractivity contribution is 1.73. The van der Waals surface area contributed by atoms with Crippen LogP contribution in [0, 0.1) is 0 Å². The maximum absolute atomic E-state index is 2.29. The smallest absolute Gasteiger partial charge is 0.00405 e. The van der Waals surface area contributed by atoms with E-state index in [4.69, 9.17) is 0 Å². The van der Waals surface area contributed by atoms with E-state index in [9.17, 15) is 0 Å². The average Bonchev–Trinajstić information content (AvgIpc) is 3.15. The van der Waals surface area contributed by atoms with Gasteiger partial charge in [0.1, 0.15) is 0 Å². The molecular weight excluding hydrogens is 609 g/mol. The van der Waals surface area contributed by atoms with E-state index >= 15 is 0 Å². The second-order valence-corrected chi connectivity index (χ2v) is 17.8. The first-order valence-corrected chi connectivity index (χ1v) is 20.0. The minimum Gasteiger partial charge on any atom is -0.0622 e. The Balaban J connectivity index is 0.000000172. The Hall–Kier alpha value is -4.17. The van der Waals surface area contributed by atoms with Gasteiger partial charge < -0.3 is 0 Å². The second-order valence-electron chi connectivity index (χ2n) is 10.7. The largest absolute Gasteiger partial charge is 0.0622 e. The van der Waals surface area contributed by atoms with E-state index in [1.54, 1.807) is 0 Å². The second kappa shape index (κ2) is 16.9. The van der Waals surface area contributed by atoms with Crippen molar-refractivity contribution in [2.24, 2.45) is 0 Å². The summed E-state index contributed by atoms with van der Waals surface area (Å²) >= 11 is 0. The molecule has 0 fully saturated rings. The van der Waals surface area contributed by atoms with Gasteiger partial charge in [-0.2, -0.15) is 0 Å². The molecule has 7 rings (SSSR count). The molecule has 7 aromatic carbocycles. The summed E-state index contributed by atoms with van der Waals surface area (Å²) in [6.07, 6.45) is 0. The Labute approximate surface area is 278 Å². The molecular formula is C43H37P3. The van der Waals surface area contributed by atoms with E-state index in [1.807, 2.05) is 0 Å². The van der Waals surface area contributed by atoms with Crippen LogP contribution in [0.5, 0.6) is 0 Å². The molecule has 224 valence electrons. The average molecular weight is 647 g/mol. The number of rotatable bonds is 9. The van der Waals surface area contributed by atoms with E-state index < -0.39 is 23.8 Å². The molecule has 3 heteroatoms. The molecule has 0 radical (unpaired) electrons. The fraction of sp³-hybridized carbons (Fsp3) is 0.0233. The maximum atomic E-state index is 2.29. The molecule has 0 saturated carbocycles. The summed E-state index contributed by atoms with van der Waals surface area (Å²) in [5, 5.41) is 10.0. The van der Waals surface area contributed by atoms with E-state index in [0.29, 0.717) is 0 Å². The van der Waals surface area contributed by atoms with Gasteiger partial charge in [-0.3, -0.25) is 0 Å². The lowest BCUT2D eigenvalue weighted by Crippen LogP contribution is -2.20. The minimum atomic E-state index is -0.446. The third-order valence-corrected chi connectivity index (χ3v) is 16.0. The van der Waals surface area contributed by atoms with Gasteiger partial charge in [0, 0.05) is 5.90 Å². The van der Waals surface area contributed by atoms with Crippen molar-refractivity contribution in [3.05, 3.63) is 212 Å². The molecule has 0 atom stereocenters. The summed E-state index contributed by atoms with van der Waals surface area (Å²) < 4.78 is 0. The van der Waals surface area contributed by atoms with Crippen LogP contribution in [0.3, 0.4) is 0 Å². The number of benzene rings is 7. The van der Waals surface area contributed by atoms with Crippen LogP contribution in [0.1, 0.15) is 0 Å². The highest BCUT2D eigenvalue weighted by Gasteiger charge is 2.22. The van der Waals surface area contributed by atoms with Gasteiger partial charge in [0.05, 0.1) is 0 Å². The van der Waals surface area contributed by atoms with Crippen LogP contribution in [-0.2, 0) is 0 Å². The first-order chi connectivity index (χ1) is 22.9. The Morgan fingerprint density at radius 3 is 0.587 bits per heavy atom. The van der Waals surface area contributed by atoms with Gasteiger partial charge in [-0.05, 0) is 60.9 Å². The zero-order chi connectivity index (χ0) is 31.2. The van der Waals surface area contributed by atoms with Crippen LogP contribution < -0.4 is 37.1 Å². The molecule has 0 bridgehead atoms. The molecule has 0 spiro atoms. The standard InChI is InChI=1S/C25H22P2.C18H15P/c1-5-13-22(14-6-1)26(23-15-7-2-8-16-23)21-27(24-17-9-3-10-18-24)25-19-11-4-12-20-25;1-4-10-16(11-5-1)19(17-12-6-2-7-13-17)18-14-8-3-9-15-18/h1-20H,21H2;1-15H. The van der Waals surface area contributed by atoms with Crippen LogP contribution in [0.2, 0.25) is 0 Å². The molecule has 46 heavy (non-hydrogen) atoms. The summed E-state index contributed by atoms with van der Waals surface area (Å²) in [5.41, 5.74) is 0. The van der Waals surface area contributed by atoms with Crippen molar-refractivity contribution in [3.8, 4) is 0 Å². The maximum Gasteiger partial charge on any atom is 0.00405 e. The van der Waals surface area contributed by atoms with E-state index in [-0.39, 0.29) is 0 Å².